The Morgan fingerprint density at radius 2 is 2.14 bits per heavy atom. The van der Waals surface area contributed by atoms with Crippen LogP contribution in [-0.2, 0) is 9.53 Å². The van der Waals surface area contributed by atoms with Crippen LogP contribution >= 0.6 is 0 Å². The molecule has 2 aliphatic heterocycles. The Hall–Kier alpha value is -3.17. The Balaban J connectivity index is 1.39. The van der Waals surface area contributed by atoms with Crippen LogP contribution in [0.2, 0.25) is 0 Å². The number of cyclic esters (lactones) is 1. The predicted molar refractivity (Wildman–Crippen MR) is 103 cm³/mol. The van der Waals surface area contributed by atoms with Crippen molar-refractivity contribution in [3.8, 4) is 0 Å². The molecule has 3 heterocycles. The minimum atomic E-state index is -0.541. The van der Waals surface area contributed by atoms with E-state index in [2.05, 4.69) is 15.4 Å². The van der Waals surface area contributed by atoms with Crippen LogP contribution in [0.15, 0.2) is 30.9 Å². The lowest BCUT2D eigenvalue weighted by Gasteiger charge is -2.33. The molecule has 4 rings (SSSR count). The zero-order valence-corrected chi connectivity index (χ0v) is 16.1. The molecule has 0 saturated carbocycles. The lowest BCUT2D eigenvalue weighted by molar-refractivity contribution is -0.119. The molecule has 1 N–H and O–H groups in total. The van der Waals surface area contributed by atoms with Gasteiger partial charge in [0, 0.05) is 20.0 Å². The van der Waals surface area contributed by atoms with Crippen molar-refractivity contribution in [3.05, 3.63) is 36.7 Å². The second-order valence-electron chi connectivity index (χ2n) is 7.28. The second kappa shape index (κ2) is 8.06. The second-order valence-corrected chi connectivity index (χ2v) is 7.28. The number of ether oxygens (including phenoxy) is 1. The number of carbonyl (C=O) groups excluding carboxylic acids is 2. The minimum absolute atomic E-state index is 0.192. The standard InChI is InChI=1S/C19H23FN6O3/c1-13(27)22-9-16-10-25(19(28)29-16)15-2-3-18(17(20)8-15)24-6-4-14(5-7-24)26-12-21-11-23-26/h2-3,8,11-12,14,16H,4-7,9-10H2,1H3,(H,22,27). The van der Waals surface area contributed by atoms with Crippen LogP contribution in [0.3, 0.4) is 0 Å². The molecule has 2 fully saturated rings. The average molecular weight is 402 g/mol. The maximum Gasteiger partial charge on any atom is 0.414 e. The summed E-state index contributed by atoms with van der Waals surface area (Å²) < 4.78 is 21.9. The van der Waals surface area contributed by atoms with Crippen molar-refractivity contribution >= 4 is 23.4 Å². The van der Waals surface area contributed by atoms with E-state index in [0.29, 0.717) is 24.5 Å². The molecule has 1 atom stereocenters. The fourth-order valence-corrected chi connectivity index (χ4v) is 3.79. The molecule has 1 aromatic carbocycles. The molecule has 0 spiro atoms. The van der Waals surface area contributed by atoms with Crippen LogP contribution in [-0.4, -0.2) is 59.0 Å². The van der Waals surface area contributed by atoms with Gasteiger partial charge in [-0.25, -0.2) is 18.9 Å². The third-order valence-corrected chi connectivity index (χ3v) is 5.31. The number of carbonyl (C=O) groups is 2. The minimum Gasteiger partial charge on any atom is -0.442 e. The Labute approximate surface area is 167 Å². The van der Waals surface area contributed by atoms with Crippen molar-refractivity contribution in [2.45, 2.75) is 31.9 Å². The van der Waals surface area contributed by atoms with Crippen LogP contribution in [0.5, 0.6) is 0 Å². The predicted octanol–water partition coefficient (Wildman–Crippen LogP) is 1.72. The highest BCUT2D eigenvalue weighted by Gasteiger charge is 2.33. The largest absolute Gasteiger partial charge is 0.442 e. The average Bonchev–Trinajstić information content (AvgIpc) is 3.36. The number of piperidine rings is 1. The van der Waals surface area contributed by atoms with Gasteiger partial charge in [0.15, 0.2) is 0 Å². The highest BCUT2D eigenvalue weighted by atomic mass is 19.1. The zero-order chi connectivity index (χ0) is 20.4. The van der Waals surface area contributed by atoms with Crippen molar-refractivity contribution in [2.24, 2.45) is 0 Å². The molecule has 2 amide bonds. The van der Waals surface area contributed by atoms with E-state index in [0.717, 1.165) is 12.8 Å². The first-order valence-electron chi connectivity index (χ1n) is 9.62. The summed E-state index contributed by atoms with van der Waals surface area (Å²) >= 11 is 0. The van der Waals surface area contributed by atoms with Crippen molar-refractivity contribution in [3.63, 3.8) is 0 Å². The third kappa shape index (κ3) is 4.15. The van der Waals surface area contributed by atoms with Gasteiger partial charge in [-0.3, -0.25) is 9.69 Å². The highest BCUT2D eigenvalue weighted by molar-refractivity contribution is 5.90. The van der Waals surface area contributed by atoms with Crippen LogP contribution in [0.4, 0.5) is 20.6 Å². The molecular weight excluding hydrogens is 379 g/mol. The van der Waals surface area contributed by atoms with E-state index in [4.69, 9.17) is 4.74 Å². The molecule has 154 valence electrons. The van der Waals surface area contributed by atoms with Gasteiger partial charge in [0.25, 0.3) is 0 Å². The molecule has 0 radical (unpaired) electrons. The lowest BCUT2D eigenvalue weighted by Crippen LogP contribution is -2.35. The number of nitrogens with one attached hydrogen (secondary N) is 1. The molecule has 0 aliphatic carbocycles. The molecule has 2 aliphatic rings. The number of rotatable bonds is 5. The van der Waals surface area contributed by atoms with Crippen LogP contribution in [0, 0.1) is 5.82 Å². The van der Waals surface area contributed by atoms with Crippen LogP contribution < -0.4 is 15.1 Å². The normalized spacial score (nSPS) is 20.1. The SMILES string of the molecule is CC(=O)NCC1CN(c2ccc(N3CCC(n4cncn4)CC3)c(F)c2)C(=O)O1. The Morgan fingerprint density at radius 3 is 2.79 bits per heavy atom. The van der Waals surface area contributed by atoms with E-state index in [1.165, 1.54) is 24.2 Å². The van der Waals surface area contributed by atoms with E-state index in [1.54, 1.807) is 18.5 Å². The first kappa shape index (κ1) is 19.2. The first-order chi connectivity index (χ1) is 14.0. The van der Waals surface area contributed by atoms with Gasteiger partial charge in [0.2, 0.25) is 5.91 Å². The van der Waals surface area contributed by atoms with E-state index in [9.17, 15) is 14.0 Å². The smallest absolute Gasteiger partial charge is 0.414 e. The molecule has 1 unspecified atom stereocenters. The van der Waals surface area contributed by atoms with Gasteiger partial charge in [-0.1, -0.05) is 0 Å². The highest BCUT2D eigenvalue weighted by Crippen LogP contribution is 2.31. The van der Waals surface area contributed by atoms with Gasteiger partial charge in [0.05, 0.1) is 30.5 Å². The van der Waals surface area contributed by atoms with Gasteiger partial charge in [-0.15, -0.1) is 0 Å². The van der Waals surface area contributed by atoms with E-state index in [1.807, 2.05) is 9.58 Å². The number of hydrogen-bond donors (Lipinski definition) is 1. The Morgan fingerprint density at radius 1 is 1.34 bits per heavy atom. The molecule has 2 aromatic rings. The van der Waals surface area contributed by atoms with E-state index in [-0.39, 0.29) is 30.9 Å². The lowest BCUT2D eigenvalue weighted by atomic mass is 10.0. The molecule has 29 heavy (non-hydrogen) atoms. The van der Waals surface area contributed by atoms with Gasteiger partial charge >= 0.3 is 6.09 Å². The van der Waals surface area contributed by atoms with E-state index < -0.39 is 12.2 Å². The molecule has 10 heteroatoms. The summed E-state index contributed by atoms with van der Waals surface area (Å²) in [6.45, 7) is 3.33. The number of benzene rings is 1. The first-order valence-corrected chi connectivity index (χ1v) is 9.62. The quantitative estimate of drug-likeness (QED) is 0.819. The van der Waals surface area contributed by atoms with Gasteiger partial charge in [-0.2, -0.15) is 5.10 Å². The summed E-state index contributed by atoms with van der Waals surface area (Å²) in [4.78, 5) is 30.5. The Bertz CT molecular complexity index is 882. The van der Waals surface area contributed by atoms with Crippen molar-refractivity contribution in [2.75, 3.05) is 36.0 Å². The molecule has 2 saturated heterocycles. The summed E-state index contributed by atoms with van der Waals surface area (Å²) in [6.07, 6.45) is 3.95. The maximum absolute atomic E-state index is 14.8. The summed E-state index contributed by atoms with van der Waals surface area (Å²) in [7, 11) is 0. The van der Waals surface area contributed by atoms with Gasteiger partial charge in [0.1, 0.15) is 24.6 Å². The van der Waals surface area contributed by atoms with Gasteiger partial charge < -0.3 is 15.0 Å². The summed E-state index contributed by atoms with van der Waals surface area (Å²) in [5, 5.41) is 6.81. The van der Waals surface area contributed by atoms with Crippen LogP contribution in [0.25, 0.3) is 0 Å². The van der Waals surface area contributed by atoms with Crippen molar-refractivity contribution < 1.29 is 18.7 Å². The van der Waals surface area contributed by atoms with Gasteiger partial charge in [-0.05, 0) is 31.0 Å². The molecular formula is C19H23FN6O3. The maximum atomic E-state index is 14.8. The summed E-state index contributed by atoms with van der Waals surface area (Å²) in [6, 6.07) is 5.07. The fraction of sp³-hybridized carbons (Fsp3) is 0.474. The summed E-state index contributed by atoms with van der Waals surface area (Å²) in [5.41, 5.74) is 0.965. The third-order valence-electron chi connectivity index (χ3n) is 5.31. The number of hydrogen-bond acceptors (Lipinski definition) is 6. The fourth-order valence-electron chi connectivity index (χ4n) is 3.79. The monoisotopic (exact) mass is 402 g/mol. The molecule has 0 bridgehead atoms. The number of anilines is 2. The van der Waals surface area contributed by atoms with Crippen molar-refractivity contribution in [1.29, 1.82) is 0 Å². The summed E-state index contributed by atoms with van der Waals surface area (Å²) in [5.74, 6) is -0.567. The molecule has 1 aromatic heterocycles. The zero-order valence-electron chi connectivity index (χ0n) is 16.1. The van der Waals surface area contributed by atoms with Crippen LogP contribution in [0.1, 0.15) is 25.8 Å². The van der Waals surface area contributed by atoms with E-state index >= 15 is 0 Å². The number of amides is 2. The number of halogens is 1. The Kier molecular flexibility index (Phi) is 5.32. The topological polar surface area (TPSA) is 92.6 Å². The number of aromatic nitrogens is 3. The molecule has 9 nitrogen and oxygen atoms in total. The van der Waals surface area contributed by atoms with Crippen molar-refractivity contribution in [1.82, 2.24) is 20.1 Å². The number of nitrogens with zero attached hydrogens (tertiary/aromatic N) is 5.